The molecule has 4 nitrogen and oxygen atoms in total. The minimum absolute atomic E-state index is 0.000285. The number of hydrogen-bond donors (Lipinski definition) is 1. The maximum atomic E-state index is 6.71. The van der Waals surface area contributed by atoms with Gasteiger partial charge in [-0.1, -0.05) is 79.2 Å². The second-order valence-electron chi connectivity index (χ2n) is 9.75. The van der Waals surface area contributed by atoms with Crippen LogP contribution in [0, 0.1) is 0 Å². The van der Waals surface area contributed by atoms with Gasteiger partial charge in [-0.25, -0.2) is 4.98 Å². The van der Waals surface area contributed by atoms with Crippen LogP contribution >= 0.6 is 11.6 Å². The molecule has 0 radical (unpaired) electrons. The molecule has 1 atom stereocenters. The van der Waals surface area contributed by atoms with Gasteiger partial charge in [-0.3, -0.25) is 0 Å². The fourth-order valence-corrected chi connectivity index (χ4v) is 5.72. The van der Waals surface area contributed by atoms with Crippen LogP contribution in [0.15, 0.2) is 85.1 Å². The molecule has 1 saturated carbocycles. The lowest BCUT2D eigenvalue weighted by atomic mass is 9.64. The molecule has 0 bridgehead atoms. The number of fused-ring (bicyclic) bond motifs is 1. The van der Waals surface area contributed by atoms with Crippen molar-refractivity contribution in [2.45, 2.75) is 63.2 Å². The summed E-state index contributed by atoms with van der Waals surface area (Å²) in [7, 11) is 0. The van der Waals surface area contributed by atoms with Crippen molar-refractivity contribution >= 4 is 22.4 Å². The second kappa shape index (κ2) is 10.9. The molecule has 2 N–H and O–H groups in total. The molecule has 4 aromatic rings. The number of hydrogen-bond acceptors (Lipinski definition) is 4. The molecule has 1 heterocycles. The Kier molecular flexibility index (Phi) is 7.45. The van der Waals surface area contributed by atoms with Gasteiger partial charge in [0.2, 0.25) is 5.88 Å². The third-order valence-electron chi connectivity index (χ3n) is 7.62. The first-order valence-electron chi connectivity index (χ1n) is 12.8. The van der Waals surface area contributed by atoms with Crippen LogP contribution in [0.2, 0.25) is 5.02 Å². The van der Waals surface area contributed by atoms with Crippen molar-refractivity contribution in [2.75, 3.05) is 0 Å². The number of nitrogens with two attached hydrogens (primary N) is 1. The van der Waals surface area contributed by atoms with Crippen LogP contribution in [-0.4, -0.2) is 17.1 Å². The number of nitrogens with zero attached hydrogens (tertiary/aromatic N) is 1. The van der Waals surface area contributed by atoms with Crippen molar-refractivity contribution in [3.05, 3.63) is 101 Å². The molecule has 1 aromatic heterocycles. The number of aromatic nitrogens is 1. The first-order valence-corrected chi connectivity index (χ1v) is 13.2. The van der Waals surface area contributed by atoms with Crippen molar-refractivity contribution in [3.8, 4) is 11.6 Å². The number of ether oxygens (including phenoxy) is 2. The molecular weight excluding hydrogens is 468 g/mol. The normalized spacial score (nSPS) is 20.7. The lowest BCUT2D eigenvalue weighted by molar-refractivity contribution is 0.104. The summed E-state index contributed by atoms with van der Waals surface area (Å²) < 4.78 is 12.5. The number of halogens is 1. The van der Waals surface area contributed by atoms with Crippen LogP contribution in [0.4, 0.5) is 0 Å². The lowest BCUT2D eigenvalue weighted by Gasteiger charge is -2.44. The van der Waals surface area contributed by atoms with Crippen molar-refractivity contribution in [1.82, 2.24) is 4.98 Å². The van der Waals surface area contributed by atoms with Gasteiger partial charge >= 0.3 is 0 Å². The molecule has 3 aromatic carbocycles. The monoisotopic (exact) mass is 500 g/mol. The summed E-state index contributed by atoms with van der Waals surface area (Å²) >= 11 is 6.71. The van der Waals surface area contributed by atoms with Gasteiger partial charge in [-0.2, -0.15) is 0 Å². The van der Waals surface area contributed by atoms with E-state index in [9.17, 15) is 0 Å². The van der Waals surface area contributed by atoms with Crippen molar-refractivity contribution < 1.29 is 9.47 Å². The molecule has 1 unspecified atom stereocenters. The number of rotatable bonds is 8. The van der Waals surface area contributed by atoms with Crippen molar-refractivity contribution in [1.29, 1.82) is 0 Å². The van der Waals surface area contributed by atoms with Gasteiger partial charge in [0.25, 0.3) is 0 Å². The lowest BCUT2D eigenvalue weighted by Crippen LogP contribution is -2.48. The van der Waals surface area contributed by atoms with E-state index in [2.05, 4.69) is 42.2 Å². The predicted molar refractivity (Wildman–Crippen MR) is 147 cm³/mol. The van der Waals surface area contributed by atoms with E-state index >= 15 is 0 Å². The van der Waals surface area contributed by atoms with Gasteiger partial charge in [0.15, 0.2) is 0 Å². The minimum Gasteiger partial charge on any atom is -0.489 e. The molecule has 1 aliphatic carbocycles. The maximum absolute atomic E-state index is 6.71. The summed E-state index contributed by atoms with van der Waals surface area (Å²) in [5.41, 5.74) is 9.13. The largest absolute Gasteiger partial charge is 0.489 e. The first kappa shape index (κ1) is 24.6. The molecule has 0 aliphatic heterocycles. The van der Waals surface area contributed by atoms with E-state index in [1.807, 2.05) is 48.5 Å². The Morgan fingerprint density at radius 2 is 1.69 bits per heavy atom. The van der Waals surface area contributed by atoms with Crippen molar-refractivity contribution in [2.24, 2.45) is 5.73 Å². The average molecular weight is 501 g/mol. The van der Waals surface area contributed by atoms with Crippen LogP contribution in [0.3, 0.4) is 0 Å². The van der Waals surface area contributed by atoms with E-state index < -0.39 is 0 Å². The molecule has 186 valence electrons. The Hall–Kier alpha value is -3.08. The second-order valence-corrected chi connectivity index (χ2v) is 10.2. The molecule has 0 saturated heterocycles. The Labute approximate surface area is 218 Å². The van der Waals surface area contributed by atoms with E-state index in [0.29, 0.717) is 23.3 Å². The molecule has 0 spiro atoms. The molecule has 0 amide bonds. The molecule has 36 heavy (non-hydrogen) atoms. The van der Waals surface area contributed by atoms with Gasteiger partial charge in [0, 0.05) is 23.0 Å². The standard InChI is InChI=1S/C31H33ClN2O2/c1-2-29(33)31(24-11-7-4-8-12-24)16-13-25(14-17-31)36-28-19-23-15-18-34-30(26(23)20-27(28)32)35-21-22-9-5-3-6-10-22/h3-12,15,18-20,25,29H,2,13-14,16-17,21,33H2,1H3. The highest BCUT2D eigenvalue weighted by atomic mass is 35.5. The van der Waals surface area contributed by atoms with E-state index in [4.69, 9.17) is 26.8 Å². The zero-order chi connectivity index (χ0) is 25.0. The quantitative estimate of drug-likeness (QED) is 0.272. The van der Waals surface area contributed by atoms with Crippen LogP contribution in [0.25, 0.3) is 10.8 Å². The van der Waals surface area contributed by atoms with Crippen molar-refractivity contribution in [3.63, 3.8) is 0 Å². The van der Waals surface area contributed by atoms with Crippen LogP contribution in [0.5, 0.6) is 11.6 Å². The summed E-state index contributed by atoms with van der Waals surface area (Å²) in [6, 6.07) is 26.8. The molecule has 1 fully saturated rings. The summed E-state index contributed by atoms with van der Waals surface area (Å²) in [6.45, 7) is 2.63. The van der Waals surface area contributed by atoms with Gasteiger partial charge in [0.05, 0.1) is 11.1 Å². The molecule has 5 rings (SSSR count). The highest BCUT2D eigenvalue weighted by molar-refractivity contribution is 6.33. The smallest absolute Gasteiger partial charge is 0.221 e. The highest BCUT2D eigenvalue weighted by Crippen LogP contribution is 2.44. The Morgan fingerprint density at radius 1 is 1.00 bits per heavy atom. The first-order chi connectivity index (χ1) is 17.6. The van der Waals surface area contributed by atoms with Gasteiger partial charge in [-0.15, -0.1) is 0 Å². The van der Waals surface area contributed by atoms with E-state index in [1.165, 1.54) is 5.56 Å². The summed E-state index contributed by atoms with van der Waals surface area (Å²) in [5, 5.41) is 2.45. The van der Waals surface area contributed by atoms with E-state index in [-0.39, 0.29) is 17.6 Å². The fourth-order valence-electron chi connectivity index (χ4n) is 5.52. The topological polar surface area (TPSA) is 57.4 Å². The van der Waals surface area contributed by atoms with Crippen LogP contribution < -0.4 is 15.2 Å². The number of pyridine rings is 1. The molecule has 1 aliphatic rings. The average Bonchev–Trinajstić information content (AvgIpc) is 2.93. The third kappa shape index (κ3) is 5.07. The van der Waals surface area contributed by atoms with Gasteiger partial charge in [0.1, 0.15) is 12.4 Å². The fraction of sp³-hybridized carbons (Fsp3) is 0.323. The Bertz CT molecular complexity index is 1290. The Morgan fingerprint density at radius 3 is 2.39 bits per heavy atom. The van der Waals surface area contributed by atoms with Crippen LogP contribution in [-0.2, 0) is 12.0 Å². The summed E-state index contributed by atoms with van der Waals surface area (Å²) in [4.78, 5) is 4.44. The highest BCUT2D eigenvalue weighted by Gasteiger charge is 2.41. The zero-order valence-corrected chi connectivity index (χ0v) is 21.5. The third-order valence-corrected chi connectivity index (χ3v) is 7.91. The summed E-state index contributed by atoms with van der Waals surface area (Å²) in [6.07, 6.45) is 6.72. The van der Waals surface area contributed by atoms with Crippen LogP contribution in [0.1, 0.15) is 50.2 Å². The minimum atomic E-state index is -0.000285. The van der Waals surface area contributed by atoms with Gasteiger partial charge < -0.3 is 15.2 Å². The molecule has 5 heteroatoms. The predicted octanol–water partition coefficient (Wildman–Crippen LogP) is 7.46. The summed E-state index contributed by atoms with van der Waals surface area (Å²) in [5.74, 6) is 1.28. The van der Waals surface area contributed by atoms with E-state index in [1.54, 1.807) is 6.20 Å². The SMILES string of the molecule is CCC(N)C1(c2ccccc2)CCC(Oc2cc3ccnc(OCc4ccccc4)c3cc2Cl)CC1. The Balaban J connectivity index is 1.31. The zero-order valence-electron chi connectivity index (χ0n) is 20.7. The van der Waals surface area contributed by atoms with E-state index in [0.717, 1.165) is 48.4 Å². The molecular formula is C31H33ClN2O2. The number of benzene rings is 3. The van der Waals surface area contributed by atoms with Gasteiger partial charge in [-0.05, 0) is 66.8 Å². The maximum Gasteiger partial charge on any atom is 0.221 e.